The number of hydrogen-bond donors (Lipinski definition) is 1. The van der Waals surface area contributed by atoms with Crippen molar-refractivity contribution in [1.29, 1.82) is 0 Å². The summed E-state index contributed by atoms with van der Waals surface area (Å²) in [6, 6.07) is 12.0. The number of carbonyl (C=O) groups excluding carboxylic acids is 1. The summed E-state index contributed by atoms with van der Waals surface area (Å²) >= 11 is 5.96. The minimum Gasteiger partial charge on any atom is -0.356 e. The number of imidazole rings is 1. The Bertz CT molecular complexity index is 839. The van der Waals surface area contributed by atoms with Crippen LogP contribution in [-0.2, 0) is 17.6 Å². The Morgan fingerprint density at radius 3 is 2.71 bits per heavy atom. The number of nitrogens with zero attached hydrogens (tertiary/aromatic N) is 2. The smallest absolute Gasteiger partial charge is 0.220 e. The van der Waals surface area contributed by atoms with Crippen LogP contribution >= 0.6 is 11.6 Å². The van der Waals surface area contributed by atoms with Gasteiger partial charge in [-0.3, -0.25) is 4.79 Å². The van der Waals surface area contributed by atoms with Crippen molar-refractivity contribution in [3.63, 3.8) is 0 Å². The van der Waals surface area contributed by atoms with E-state index < -0.39 is 0 Å². The van der Waals surface area contributed by atoms with E-state index in [2.05, 4.69) is 41.5 Å². The third kappa shape index (κ3) is 4.36. The Morgan fingerprint density at radius 1 is 1.12 bits per heavy atom. The van der Waals surface area contributed by atoms with Crippen LogP contribution in [0.25, 0.3) is 5.65 Å². The van der Waals surface area contributed by atoms with Crippen molar-refractivity contribution < 1.29 is 4.79 Å². The van der Waals surface area contributed by atoms with Crippen molar-refractivity contribution >= 4 is 23.2 Å². The van der Waals surface area contributed by atoms with Gasteiger partial charge in [-0.25, -0.2) is 4.98 Å². The molecule has 0 atom stereocenters. The molecule has 0 unspecified atom stereocenters. The predicted molar refractivity (Wildman–Crippen MR) is 96.4 cm³/mol. The molecule has 0 fully saturated rings. The molecule has 4 nitrogen and oxygen atoms in total. The van der Waals surface area contributed by atoms with E-state index in [-0.39, 0.29) is 5.91 Å². The van der Waals surface area contributed by atoms with Gasteiger partial charge in [0.25, 0.3) is 0 Å². The van der Waals surface area contributed by atoms with Gasteiger partial charge in [0, 0.05) is 31.8 Å². The van der Waals surface area contributed by atoms with Crippen molar-refractivity contribution in [3.8, 4) is 0 Å². The average molecular weight is 342 g/mol. The Hall–Kier alpha value is -2.33. The van der Waals surface area contributed by atoms with Gasteiger partial charge in [-0.1, -0.05) is 41.4 Å². The number of halogens is 1. The van der Waals surface area contributed by atoms with Crippen molar-refractivity contribution in [3.05, 3.63) is 70.6 Å². The highest BCUT2D eigenvalue weighted by Gasteiger charge is 2.05. The van der Waals surface area contributed by atoms with Gasteiger partial charge in [-0.2, -0.15) is 0 Å². The summed E-state index contributed by atoms with van der Waals surface area (Å²) in [5.74, 6) is 0.0717. The van der Waals surface area contributed by atoms with Crippen LogP contribution in [0.1, 0.15) is 23.2 Å². The highest BCUT2D eigenvalue weighted by Crippen LogP contribution is 2.12. The molecule has 3 aromatic rings. The molecule has 0 aliphatic rings. The third-order valence-corrected chi connectivity index (χ3v) is 4.15. The van der Waals surface area contributed by atoms with Crippen molar-refractivity contribution in [2.75, 3.05) is 6.54 Å². The van der Waals surface area contributed by atoms with Gasteiger partial charge in [0.2, 0.25) is 5.91 Å². The summed E-state index contributed by atoms with van der Waals surface area (Å²) in [6.45, 7) is 2.65. The lowest BCUT2D eigenvalue weighted by Crippen LogP contribution is -2.25. The molecule has 0 radical (unpaired) electrons. The lowest BCUT2D eigenvalue weighted by atomic mass is 10.1. The lowest BCUT2D eigenvalue weighted by Gasteiger charge is -2.04. The molecule has 0 spiro atoms. The summed E-state index contributed by atoms with van der Waals surface area (Å²) in [6.07, 6.45) is 5.74. The van der Waals surface area contributed by atoms with Gasteiger partial charge in [0.15, 0.2) is 0 Å². The molecule has 3 rings (SSSR count). The minimum atomic E-state index is 0.0717. The van der Waals surface area contributed by atoms with Gasteiger partial charge in [0.05, 0.1) is 10.7 Å². The molecule has 124 valence electrons. The number of hydrogen-bond acceptors (Lipinski definition) is 2. The van der Waals surface area contributed by atoms with Crippen LogP contribution in [0, 0.1) is 6.92 Å². The second kappa shape index (κ2) is 7.49. The quantitative estimate of drug-likeness (QED) is 0.744. The standard InChI is InChI=1S/C19H20ClN3O/c1-14-2-4-15(5-3-14)6-9-19(24)21-11-10-17-13-23-12-16(20)7-8-18(23)22-17/h2-5,7-8,12-13H,6,9-11H2,1H3,(H,21,24). The summed E-state index contributed by atoms with van der Waals surface area (Å²) in [7, 11) is 0. The van der Waals surface area contributed by atoms with Crippen LogP contribution in [0.3, 0.4) is 0 Å². The summed E-state index contributed by atoms with van der Waals surface area (Å²) in [5.41, 5.74) is 4.22. The fourth-order valence-electron chi connectivity index (χ4n) is 2.57. The molecule has 1 N–H and O–H groups in total. The van der Waals surface area contributed by atoms with E-state index in [4.69, 9.17) is 11.6 Å². The molecule has 1 aromatic carbocycles. The Morgan fingerprint density at radius 2 is 1.92 bits per heavy atom. The number of amides is 1. The fraction of sp³-hybridized carbons (Fsp3) is 0.263. The molecule has 2 heterocycles. The zero-order valence-corrected chi connectivity index (χ0v) is 14.4. The van der Waals surface area contributed by atoms with E-state index in [1.165, 1.54) is 11.1 Å². The molecular formula is C19H20ClN3O. The summed E-state index contributed by atoms with van der Waals surface area (Å²) in [5, 5.41) is 3.63. The first-order chi connectivity index (χ1) is 11.6. The van der Waals surface area contributed by atoms with Crippen molar-refractivity contribution in [2.24, 2.45) is 0 Å². The van der Waals surface area contributed by atoms with Crippen LogP contribution in [-0.4, -0.2) is 21.8 Å². The van der Waals surface area contributed by atoms with Crippen molar-refractivity contribution in [2.45, 2.75) is 26.2 Å². The number of aryl methyl sites for hydroxylation is 2. The number of aromatic nitrogens is 2. The van der Waals surface area contributed by atoms with Gasteiger partial charge in [0.1, 0.15) is 5.65 Å². The maximum atomic E-state index is 11.9. The van der Waals surface area contributed by atoms with E-state index in [9.17, 15) is 4.79 Å². The zero-order valence-electron chi connectivity index (χ0n) is 13.6. The monoisotopic (exact) mass is 341 g/mol. The number of nitrogens with one attached hydrogen (secondary N) is 1. The first kappa shape index (κ1) is 16.5. The molecule has 0 bridgehead atoms. The minimum absolute atomic E-state index is 0.0717. The number of carbonyl (C=O) groups is 1. The van der Waals surface area contributed by atoms with Crippen LogP contribution < -0.4 is 5.32 Å². The molecule has 2 aromatic heterocycles. The highest BCUT2D eigenvalue weighted by atomic mass is 35.5. The first-order valence-corrected chi connectivity index (χ1v) is 8.43. The molecule has 0 aliphatic heterocycles. The molecule has 0 saturated carbocycles. The molecule has 0 saturated heterocycles. The molecule has 0 aliphatic carbocycles. The van der Waals surface area contributed by atoms with E-state index in [0.717, 1.165) is 17.8 Å². The Balaban J connectivity index is 1.44. The van der Waals surface area contributed by atoms with E-state index in [1.807, 2.05) is 28.9 Å². The van der Waals surface area contributed by atoms with Crippen molar-refractivity contribution in [1.82, 2.24) is 14.7 Å². The van der Waals surface area contributed by atoms with E-state index >= 15 is 0 Å². The van der Waals surface area contributed by atoms with Crippen LogP contribution in [0.2, 0.25) is 5.02 Å². The number of benzene rings is 1. The topological polar surface area (TPSA) is 46.4 Å². The molecule has 5 heteroatoms. The lowest BCUT2D eigenvalue weighted by molar-refractivity contribution is -0.121. The third-order valence-electron chi connectivity index (χ3n) is 3.93. The average Bonchev–Trinajstić information content (AvgIpc) is 2.96. The van der Waals surface area contributed by atoms with Gasteiger partial charge in [-0.15, -0.1) is 0 Å². The van der Waals surface area contributed by atoms with Crippen LogP contribution in [0.15, 0.2) is 48.8 Å². The number of fused-ring (bicyclic) bond motifs is 1. The first-order valence-electron chi connectivity index (χ1n) is 8.05. The maximum absolute atomic E-state index is 11.9. The zero-order chi connectivity index (χ0) is 16.9. The SMILES string of the molecule is Cc1ccc(CCC(=O)NCCc2cn3cc(Cl)ccc3n2)cc1. The fourth-order valence-corrected chi connectivity index (χ4v) is 2.74. The normalized spacial score (nSPS) is 10.9. The van der Waals surface area contributed by atoms with Gasteiger partial charge < -0.3 is 9.72 Å². The summed E-state index contributed by atoms with van der Waals surface area (Å²) in [4.78, 5) is 16.4. The van der Waals surface area contributed by atoms with Gasteiger partial charge >= 0.3 is 0 Å². The molecule has 1 amide bonds. The number of pyridine rings is 1. The molecule has 24 heavy (non-hydrogen) atoms. The Labute approximate surface area is 146 Å². The van der Waals surface area contributed by atoms with Crippen LogP contribution in [0.5, 0.6) is 0 Å². The van der Waals surface area contributed by atoms with E-state index in [1.54, 1.807) is 0 Å². The predicted octanol–water partition coefficient (Wildman–Crippen LogP) is 3.59. The summed E-state index contributed by atoms with van der Waals surface area (Å²) < 4.78 is 1.90. The molecular weight excluding hydrogens is 322 g/mol. The largest absolute Gasteiger partial charge is 0.356 e. The van der Waals surface area contributed by atoms with E-state index in [0.29, 0.717) is 24.4 Å². The Kier molecular flexibility index (Phi) is 5.16. The number of rotatable bonds is 6. The second-order valence-corrected chi connectivity index (χ2v) is 6.37. The highest BCUT2D eigenvalue weighted by molar-refractivity contribution is 6.30. The maximum Gasteiger partial charge on any atom is 0.220 e. The van der Waals surface area contributed by atoms with Crippen LogP contribution in [0.4, 0.5) is 0 Å². The second-order valence-electron chi connectivity index (χ2n) is 5.93. The van der Waals surface area contributed by atoms with Gasteiger partial charge in [-0.05, 0) is 31.0 Å².